The van der Waals surface area contributed by atoms with Crippen LogP contribution in [0.1, 0.15) is 53.0 Å². The standard InChI is InChI=1S/C19H24N4O2/c1-13-11-14(2)23(22-13)12-15-5-7-16(8-6-15)17(24)21-19(18(20)25)9-3-4-10-19/h5-8,11H,3-4,9-10,12H2,1-2H3,(H2,20,25)(H,21,24). The summed E-state index contributed by atoms with van der Waals surface area (Å²) in [6, 6.07) is 9.42. The second-order valence-electron chi connectivity index (χ2n) is 6.89. The number of nitrogens with one attached hydrogen (secondary N) is 1. The summed E-state index contributed by atoms with van der Waals surface area (Å²) >= 11 is 0. The number of aromatic nitrogens is 2. The predicted octanol–water partition coefficient (Wildman–Crippen LogP) is 2.08. The molecule has 0 spiro atoms. The topological polar surface area (TPSA) is 90.0 Å². The molecule has 25 heavy (non-hydrogen) atoms. The minimum absolute atomic E-state index is 0.252. The van der Waals surface area contributed by atoms with Crippen molar-refractivity contribution in [2.75, 3.05) is 0 Å². The first kappa shape index (κ1) is 17.2. The van der Waals surface area contributed by atoms with Gasteiger partial charge in [0.05, 0.1) is 12.2 Å². The van der Waals surface area contributed by atoms with Crippen LogP contribution in [0.2, 0.25) is 0 Å². The van der Waals surface area contributed by atoms with Gasteiger partial charge in [-0.15, -0.1) is 0 Å². The molecule has 2 amide bonds. The van der Waals surface area contributed by atoms with Gasteiger partial charge in [-0.25, -0.2) is 0 Å². The molecule has 3 N–H and O–H groups in total. The maximum Gasteiger partial charge on any atom is 0.252 e. The minimum atomic E-state index is -0.889. The van der Waals surface area contributed by atoms with Crippen molar-refractivity contribution in [3.8, 4) is 0 Å². The second-order valence-corrected chi connectivity index (χ2v) is 6.89. The average Bonchev–Trinajstić information content (AvgIpc) is 3.16. The van der Waals surface area contributed by atoms with Gasteiger partial charge in [-0.1, -0.05) is 25.0 Å². The molecule has 1 aliphatic rings. The monoisotopic (exact) mass is 340 g/mol. The molecule has 1 heterocycles. The number of aryl methyl sites for hydroxylation is 2. The normalized spacial score (nSPS) is 15.9. The minimum Gasteiger partial charge on any atom is -0.368 e. The highest BCUT2D eigenvalue weighted by Crippen LogP contribution is 2.29. The van der Waals surface area contributed by atoms with Crippen LogP contribution in [0, 0.1) is 13.8 Å². The number of primary amides is 1. The molecule has 0 unspecified atom stereocenters. The van der Waals surface area contributed by atoms with Gasteiger partial charge in [0.15, 0.2) is 0 Å². The van der Waals surface area contributed by atoms with E-state index in [0.717, 1.165) is 29.8 Å². The first-order chi connectivity index (χ1) is 11.9. The van der Waals surface area contributed by atoms with E-state index in [1.165, 1.54) is 0 Å². The maximum atomic E-state index is 12.5. The number of rotatable bonds is 5. The quantitative estimate of drug-likeness (QED) is 0.873. The van der Waals surface area contributed by atoms with Crippen molar-refractivity contribution in [3.05, 3.63) is 52.8 Å². The van der Waals surface area contributed by atoms with E-state index in [9.17, 15) is 9.59 Å². The van der Waals surface area contributed by atoms with Crippen LogP contribution in [0.15, 0.2) is 30.3 Å². The molecule has 6 heteroatoms. The third kappa shape index (κ3) is 3.57. The van der Waals surface area contributed by atoms with Crippen molar-refractivity contribution in [2.24, 2.45) is 5.73 Å². The number of nitrogens with zero attached hydrogens (tertiary/aromatic N) is 2. The Bertz CT molecular complexity index is 786. The van der Waals surface area contributed by atoms with Crippen LogP contribution in [0.5, 0.6) is 0 Å². The Morgan fingerprint density at radius 3 is 2.36 bits per heavy atom. The van der Waals surface area contributed by atoms with Gasteiger partial charge in [0.25, 0.3) is 5.91 Å². The largest absolute Gasteiger partial charge is 0.368 e. The Balaban J connectivity index is 1.70. The first-order valence-electron chi connectivity index (χ1n) is 8.62. The van der Waals surface area contributed by atoms with Gasteiger partial charge in [0.1, 0.15) is 5.54 Å². The summed E-state index contributed by atoms with van der Waals surface area (Å²) < 4.78 is 1.94. The second kappa shape index (κ2) is 6.70. The van der Waals surface area contributed by atoms with E-state index in [4.69, 9.17) is 5.73 Å². The Morgan fingerprint density at radius 1 is 1.20 bits per heavy atom. The first-order valence-corrected chi connectivity index (χ1v) is 8.62. The summed E-state index contributed by atoms with van der Waals surface area (Å²) in [5, 5.41) is 7.30. The number of hydrogen-bond donors (Lipinski definition) is 2. The van der Waals surface area contributed by atoms with E-state index >= 15 is 0 Å². The van der Waals surface area contributed by atoms with E-state index in [2.05, 4.69) is 10.4 Å². The van der Waals surface area contributed by atoms with Crippen molar-refractivity contribution in [2.45, 2.75) is 51.6 Å². The zero-order chi connectivity index (χ0) is 18.0. The summed E-state index contributed by atoms with van der Waals surface area (Å²) in [7, 11) is 0. The van der Waals surface area contributed by atoms with Crippen molar-refractivity contribution in [1.82, 2.24) is 15.1 Å². The van der Waals surface area contributed by atoms with Crippen LogP contribution in [-0.4, -0.2) is 27.1 Å². The molecule has 0 atom stereocenters. The fourth-order valence-corrected chi connectivity index (χ4v) is 3.47. The van der Waals surface area contributed by atoms with Crippen LogP contribution in [0.4, 0.5) is 0 Å². The summed E-state index contributed by atoms with van der Waals surface area (Å²) in [5.74, 6) is -0.696. The Labute approximate surface area is 147 Å². The Hall–Kier alpha value is -2.63. The molecule has 1 aliphatic carbocycles. The van der Waals surface area contributed by atoms with Crippen LogP contribution in [0.3, 0.4) is 0 Å². The molecule has 1 saturated carbocycles. The number of carbonyl (C=O) groups excluding carboxylic acids is 2. The van der Waals surface area contributed by atoms with Crippen LogP contribution >= 0.6 is 0 Å². The van der Waals surface area contributed by atoms with Crippen LogP contribution < -0.4 is 11.1 Å². The fourth-order valence-electron chi connectivity index (χ4n) is 3.47. The highest BCUT2D eigenvalue weighted by Gasteiger charge is 2.40. The summed E-state index contributed by atoms with van der Waals surface area (Å²) in [6.07, 6.45) is 3.05. The Morgan fingerprint density at radius 2 is 1.84 bits per heavy atom. The molecule has 3 rings (SSSR count). The molecule has 0 bridgehead atoms. The molecular formula is C19H24N4O2. The number of hydrogen-bond acceptors (Lipinski definition) is 3. The van der Waals surface area contributed by atoms with Gasteiger partial charge in [-0.3, -0.25) is 14.3 Å². The van der Waals surface area contributed by atoms with E-state index in [1.807, 2.05) is 36.7 Å². The average molecular weight is 340 g/mol. The lowest BCUT2D eigenvalue weighted by Gasteiger charge is -2.26. The number of nitrogens with two attached hydrogens (primary N) is 1. The molecule has 1 aromatic carbocycles. The van der Waals surface area contributed by atoms with Crippen molar-refractivity contribution in [1.29, 1.82) is 0 Å². The highest BCUT2D eigenvalue weighted by molar-refractivity contribution is 5.99. The summed E-state index contributed by atoms with van der Waals surface area (Å²) in [5.41, 5.74) is 8.32. The van der Waals surface area contributed by atoms with Crippen molar-refractivity contribution >= 4 is 11.8 Å². The van der Waals surface area contributed by atoms with Gasteiger partial charge in [-0.2, -0.15) is 5.10 Å². The van der Waals surface area contributed by atoms with E-state index < -0.39 is 11.4 Å². The predicted molar refractivity (Wildman–Crippen MR) is 95.1 cm³/mol. The highest BCUT2D eigenvalue weighted by atomic mass is 16.2. The van der Waals surface area contributed by atoms with Crippen LogP contribution in [0.25, 0.3) is 0 Å². The summed E-state index contributed by atoms with van der Waals surface area (Å²) in [6.45, 7) is 4.65. The number of benzene rings is 1. The maximum absolute atomic E-state index is 12.5. The zero-order valence-corrected chi connectivity index (χ0v) is 14.7. The third-order valence-electron chi connectivity index (χ3n) is 4.93. The molecular weight excluding hydrogens is 316 g/mol. The van der Waals surface area contributed by atoms with Gasteiger partial charge in [-0.05, 0) is 50.5 Å². The lowest BCUT2D eigenvalue weighted by Crippen LogP contribution is -2.55. The molecule has 0 radical (unpaired) electrons. The van der Waals surface area contributed by atoms with Crippen LogP contribution in [-0.2, 0) is 11.3 Å². The molecule has 2 aromatic rings. The van der Waals surface area contributed by atoms with Gasteiger partial charge < -0.3 is 11.1 Å². The number of amides is 2. The summed E-state index contributed by atoms with van der Waals surface area (Å²) in [4.78, 5) is 24.3. The van der Waals surface area contributed by atoms with Crippen molar-refractivity contribution in [3.63, 3.8) is 0 Å². The van der Waals surface area contributed by atoms with E-state index in [1.54, 1.807) is 12.1 Å². The Kier molecular flexibility index (Phi) is 4.61. The fraction of sp³-hybridized carbons (Fsp3) is 0.421. The van der Waals surface area contributed by atoms with Crippen molar-refractivity contribution < 1.29 is 9.59 Å². The van der Waals surface area contributed by atoms with E-state index in [0.29, 0.717) is 24.9 Å². The number of carbonyl (C=O) groups is 2. The molecule has 0 saturated heterocycles. The third-order valence-corrected chi connectivity index (χ3v) is 4.93. The lowest BCUT2D eigenvalue weighted by molar-refractivity contribution is -0.123. The van der Waals surface area contributed by atoms with Gasteiger partial charge >= 0.3 is 0 Å². The molecule has 132 valence electrons. The van der Waals surface area contributed by atoms with E-state index in [-0.39, 0.29) is 5.91 Å². The molecule has 0 aliphatic heterocycles. The lowest BCUT2D eigenvalue weighted by atomic mass is 9.96. The molecule has 1 fully saturated rings. The smallest absolute Gasteiger partial charge is 0.252 e. The zero-order valence-electron chi connectivity index (χ0n) is 14.7. The van der Waals surface area contributed by atoms with Gasteiger partial charge in [0, 0.05) is 11.3 Å². The van der Waals surface area contributed by atoms with Gasteiger partial charge in [0.2, 0.25) is 5.91 Å². The molecule has 6 nitrogen and oxygen atoms in total. The molecule has 1 aromatic heterocycles. The SMILES string of the molecule is Cc1cc(C)n(Cc2ccc(C(=O)NC3(C(N)=O)CCCC3)cc2)n1.